The molecule has 0 amide bonds. The van der Waals surface area contributed by atoms with Gasteiger partial charge in [-0.2, -0.15) is 0 Å². The van der Waals surface area contributed by atoms with Crippen LogP contribution in [0.1, 0.15) is 25.7 Å². The van der Waals surface area contributed by atoms with Crippen LogP contribution in [0.25, 0.3) is 0 Å². The monoisotopic (exact) mass is 302 g/mol. The summed E-state index contributed by atoms with van der Waals surface area (Å²) in [4.78, 5) is 0. The van der Waals surface area contributed by atoms with Crippen LogP contribution in [0.4, 0.5) is 0 Å². The fourth-order valence-electron chi connectivity index (χ4n) is 2.35. The summed E-state index contributed by atoms with van der Waals surface area (Å²) in [5.74, 6) is 0. The molecule has 2 atom stereocenters. The molecule has 20 heavy (non-hydrogen) atoms. The zero-order chi connectivity index (χ0) is 14.4. The van der Waals surface area contributed by atoms with Crippen LogP contribution in [0.15, 0.2) is 5.16 Å². The molecule has 0 saturated heterocycles. The van der Waals surface area contributed by atoms with Gasteiger partial charge in [-0.05, 0) is 36.1 Å². The van der Waals surface area contributed by atoms with Crippen molar-refractivity contribution in [2.24, 2.45) is 0 Å². The Morgan fingerprint density at radius 2 is 2.10 bits per heavy atom. The number of thioether (sulfide) groups is 1. The summed E-state index contributed by atoms with van der Waals surface area (Å²) in [6.45, 7) is 0.489. The minimum atomic E-state index is -0.337. The van der Waals surface area contributed by atoms with Gasteiger partial charge in [0.2, 0.25) is 5.16 Å². The molecule has 0 radical (unpaired) electrons. The number of hydrogen-bond acceptors (Lipinski definition) is 7. The van der Waals surface area contributed by atoms with Crippen molar-refractivity contribution in [3.63, 3.8) is 0 Å². The summed E-state index contributed by atoms with van der Waals surface area (Å²) in [6, 6.07) is 0. The van der Waals surface area contributed by atoms with Gasteiger partial charge >= 0.3 is 0 Å². The van der Waals surface area contributed by atoms with Crippen molar-refractivity contribution in [3.05, 3.63) is 0 Å². The van der Waals surface area contributed by atoms with Gasteiger partial charge in [-0.1, -0.05) is 11.8 Å². The largest absolute Gasteiger partial charge is 0.381 e. The molecule has 0 N–H and O–H groups in total. The van der Waals surface area contributed by atoms with E-state index >= 15 is 0 Å². The Balaban J connectivity index is 1.94. The molecule has 0 aliphatic heterocycles. The molecule has 8 heteroatoms. The van der Waals surface area contributed by atoms with Crippen LogP contribution in [0.5, 0.6) is 0 Å². The van der Waals surface area contributed by atoms with Crippen LogP contribution in [-0.4, -0.2) is 59.2 Å². The average Bonchev–Trinajstić information content (AvgIpc) is 2.92. The first kappa shape index (κ1) is 15.7. The molecule has 0 spiro atoms. The van der Waals surface area contributed by atoms with Gasteiger partial charge in [-0.3, -0.25) is 0 Å². The normalized spacial score (nSPS) is 23.4. The molecular formula is C12H22N4O3S. The zero-order valence-corrected chi connectivity index (χ0v) is 13.0. The molecule has 1 aliphatic carbocycles. The van der Waals surface area contributed by atoms with Gasteiger partial charge in [0.15, 0.2) is 6.29 Å². The Bertz CT molecular complexity index is 400. The molecule has 2 rings (SSSR count). The van der Waals surface area contributed by atoms with E-state index in [1.807, 2.05) is 0 Å². The standard InChI is InChI=1S/C12H22N4O3S/c1-17-9-5-4-6-10(7-9)20-12-13-14-15-16(12)8-11(18-2)19-3/h9-11H,4-8H2,1-3H3. The zero-order valence-electron chi connectivity index (χ0n) is 12.2. The second-order valence-corrected chi connectivity index (χ2v) is 6.08. The van der Waals surface area contributed by atoms with E-state index in [0.717, 1.165) is 18.0 Å². The third kappa shape index (κ3) is 4.15. The van der Waals surface area contributed by atoms with E-state index in [9.17, 15) is 0 Å². The molecular weight excluding hydrogens is 280 g/mol. The lowest BCUT2D eigenvalue weighted by molar-refractivity contribution is -0.113. The van der Waals surface area contributed by atoms with Crippen LogP contribution < -0.4 is 0 Å². The highest BCUT2D eigenvalue weighted by Gasteiger charge is 2.25. The number of hydrogen-bond donors (Lipinski definition) is 0. The minimum absolute atomic E-state index is 0.337. The predicted molar refractivity (Wildman–Crippen MR) is 74.5 cm³/mol. The third-order valence-electron chi connectivity index (χ3n) is 3.53. The maximum atomic E-state index is 5.46. The summed E-state index contributed by atoms with van der Waals surface area (Å²) in [6.07, 6.45) is 4.58. The first-order valence-electron chi connectivity index (χ1n) is 6.78. The Kier molecular flexibility index (Phi) is 6.21. The summed E-state index contributed by atoms with van der Waals surface area (Å²) < 4.78 is 17.6. The highest BCUT2D eigenvalue weighted by atomic mass is 32.2. The molecule has 114 valence electrons. The number of methoxy groups -OCH3 is 3. The molecule has 1 saturated carbocycles. The Morgan fingerprint density at radius 3 is 2.80 bits per heavy atom. The van der Waals surface area contributed by atoms with Crippen molar-refractivity contribution in [1.82, 2.24) is 20.2 Å². The van der Waals surface area contributed by atoms with Crippen molar-refractivity contribution in [2.75, 3.05) is 21.3 Å². The van der Waals surface area contributed by atoms with Gasteiger partial charge in [0.05, 0.1) is 12.6 Å². The third-order valence-corrected chi connectivity index (χ3v) is 4.79. The van der Waals surface area contributed by atoms with Crippen LogP contribution in [-0.2, 0) is 20.8 Å². The van der Waals surface area contributed by atoms with E-state index in [0.29, 0.717) is 17.9 Å². The van der Waals surface area contributed by atoms with Crippen molar-refractivity contribution in [1.29, 1.82) is 0 Å². The van der Waals surface area contributed by atoms with Gasteiger partial charge in [0, 0.05) is 26.6 Å². The Hall–Kier alpha value is -0.700. The molecule has 1 aromatic rings. The molecule has 1 aromatic heterocycles. The predicted octanol–water partition coefficient (Wildman–Crippen LogP) is 1.34. The number of ether oxygens (including phenoxy) is 3. The van der Waals surface area contributed by atoms with Gasteiger partial charge in [-0.15, -0.1) is 5.10 Å². The number of nitrogens with zero attached hydrogens (tertiary/aromatic N) is 4. The maximum Gasteiger partial charge on any atom is 0.209 e. The highest BCUT2D eigenvalue weighted by Crippen LogP contribution is 2.33. The van der Waals surface area contributed by atoms with E-state index in [2.05, 4.69) is 15.5 Å². The summed E-state index contributed by atoms with van der Waals surface area (Å²) in [5.41, 5.74) is 0. The van der Waals surface area contributed by atoms with Gasteiger partial charge in [0.25, 0.3) is 0 Å². The lowest BCUT2D eigenvalue weighted by Crippen LogP contribution is -2.25. The Morgan fingerprint density at radius 1 is 1.30 bits per heavy atom. The number of tetrazole rings is 1. The second kappa shape index (κ2) is 7.92. The van der Waals surface area contributed by atoms with Crippen LogP contribution in [0.3, 0.4) is 0 Å². The molecule has 0 bridgehead atoms. The highest BCUT2D eigenvalue weighted by molar-refractivity contribution is 7.99. The smallest absolute Gasteiger partial charge is 0.209 e. The van der Waals surface area contributed by atoms with E-state index in [-0.39, 0.29) is 6.29 Å². The van der Waals surface area contributed by atoms with E-state index in [1.54, 1.807) is 37.8 Å². The van der Waals surface area contributed by atoms with Crippen molar-refractivity contribution in [2.45, 2.75) is 55.0 Å². The van der Waals surface area contributed by atoms with E-state index in [1.165, 1.54) is 12.8 Å². The lowest BCUT2D eigenvalue weighted by atomic mass is 9.97. The van der Waals surface area contributed by atoms with Crippen molar-refractivity contribution in [3.8, 4) is 0 Å². The molecule has 0 aromatic carbocycles. The SMILES string of the molecule is COC1CCCC(Sc2nnnn2CC(OC)OC)C1. The molecule has 1 fully saturated rings. The summed E-state index contributed by atoms with van der Waals surface area (Å²) >= 11 is 1.72. The van der Waals surface area contributed by atoms with Crippen LogP contribution >= 0.6 is 11.8 Å². The fourth-order valence-corrected chi connectivity index (χ4v) is 3.56. The number of aromatic nitrogens is 4. The topological polar surface area (TPSA) is 71.3 Å². The first-order valence-corrected chi connectivity index (χ1v) is 7.66. The van der Waals surface area contributed by atoms with E-state index < -0.39 is 0 Å². The summed E-state index contributed by atoms with van der Waals surface area (Å²) in [7, 11) is 4.99. The number of rotatable bonds is 7. The fraction of sp³-hybridized carbons (Fsp3) is 0.917. The molecule has 7 nitrogen and oxygen atoms in total. The molecule has 1 aliphatic rings. The van der Waals surface area contributed by atoms with E-state index in [4.69, 9.17) is 14.2 Å². The van der Waals surface area contributed by atoms with Gasteiger partial charge in [0.1, 0.15) is 0 Å². The average molecular weight is 302 g/mol. The first-order chi connectivity index (χ1) is 9.76. The lowest BCUT2D eigenvalue weighted by Gasteiger charge is -2.27. The molecule has 2 unspecified atom stereocenters. The summed E-state index contributed by atoms with van der Waals surface area (Å²) in [5, 5.41) is 13.2. The van der Waals surface area contributed by atoms with Gasteiger partial charge in [-0.25, -0.2) is 4.68 Å². The van der Waals surface area contributed by atoms with Crippen molar-refractivity contribution >= 4 is 11.8 Å². The maximum absolute atomic E-state index is 5.46. The van der Waals surface area contributed by atoms with Crippen molar-refractivity contribution < 1.29 is 14.2 Å². The quantitative estimate of drug-likeness (QED) is 0.704. The van der Waals surface area contributed by atoms with Crippen LogP contribution in [0.2, 0.25) is 0 Å². The molecule has 1 heterocycles. The van der Waals surface area contributed by atoms with Crippen LogP contribution in [0, 0.1) is 0 Å². The second-order valence-electron chi connectivity index (χ2n) is 4.81. The van der Waals surface area contributed by atoms with Gasteiger partial charge < -0.3 is 14.2 Å². The minimum Gasteiger partial charge on any atom is -0.381 e. The Labute approximate surface area is 123 Å².